The van der Waals surface area contributed by atoms with Crippen molar-refractivity contribution < 1.29 is 68.2 Å². The van der Waals surface area contributed by atoms with Crippen molar-refractivity contribution >= 4 is 22.1 Å². The lowest BCUT2D eigenvalue weighted by molar-refractivity contribution is -0.362. The average Bonchev–Trinajstić information content (AvgIpc) is 3.44. The van der Waals surface area contributed by atoms with Gasteiger partial charge in [-0.2, -0.15) is 34.8 Å². The topological polar surface area (TPSA) is 136 Å². The highest BCUT2D eigenvalue weighted by Crippen LogP contribution is 2.61. The normalized spacial score (nSPS) is 38.6. The molecule has 234 valence electrons. The summed E-state index contributed by atoms with van der Waals surface area (Å²) in [5.41, 5.74) is -5.57. The Kier molecular flexibility index (Phi) is 7.89. The van der Waals surface area contributed by atoms with Gasteiger partial charge in [0.2, 0.25) is 0 Å². The molecule has 0 radical (unpaired) electrons. The van der Waals surface area contributed by atoms with E-state index in [2.05, 4.69) is 4.74 Å². The average molecular weight is 623 g/mol. The van der Waals surface area contributed by atoms with E-state index in [4.69, 9.17) is 14.0 Å². The van der Waals surface area contributed by atoms with Crippen molar-refractivity contribution in [1.82, 2.24) is 0 Å². The summed E-state index contributed by atoms with van der Waals surface area (Å²) in [5, 5.41) is 10.4. The monoisotopic (exact) mass is 622 g/mol. The second kappa shape index (κ2) is 10.5. The first-order chi connectivity index (χ1) is 18.9. The maximum absolute atomic E-state index is 13.7. The van der Waals surface area contributed by atoms with Gasteiger partial charge in [0.25, 0.3) is 10.1 Å². The molecule has 9 atom stereocenters. The number of aliphatic hydroxyl groups is 1. The van der Waals surface area contributed by atoms with Gasteiger partial charge in [0.1, 0.15) is 18.0 Å². The summed E-state index contributed by atoms with van der Waals surface area (Å²) in [6.45, 7) is 0. The van der Waals surface area contributed by atoms with Crippen LogP contribution in [0.25, 0.3) is 0 Å². The summed E-state index contributed by atoms with van der Waals surface area (Å²) in [5.74, 6) is -9.04. The van der Waals surface area contributed by atoms with E-state index in [9.17, 15) is 49.5 Å². The Morgan fingerprint density at radius 3 is 2.10 bits per heavy atom. The summed E-state index contributed by atoms with van der Waals surface area (Å²) in [6, 6.07) is 0. The van der Waals surface area contributed by atoms with Crippen LogP contribution in [0.15, 0.2) is 0 Å². The summed E-state index contributed by atoms with van der Waals surface area (Å²) in [4.78, 5) is 25.8. The number of hydrogen-bond acceptors (Lipinski definition) is 8. The van der Waals surface area contributed by atoms with Crippen molar-refractivity contribution in [3.05, 3.63) is 0 Å². The highest BCUT2D eigenvalue weighted by molar-refractivity contribution is 7.85. The molecule has 1 heterocycles. The molecule has 4 aliphatic carbocycles. The minimum absolute atomic E-state index is 0.000569. The lowest BCUT2D eigenvalue weighted by Crippen LogP contribution is -2.64. The van der Waals surface area contributed by atoms with Gasteiger partial charge >= 0.3 is 29.9 Å². The standard InChI is InChI=1S/C25H32F6O9S/c26-24(27,28)23(25(29,30)31,10-41(35,36)37)40-22(34)18-15-9-14-17(18)21(33)39-20(14)19(15)38-16(32)5-4-13-7-11-2-1-3-12(6-11)8-13/h11-15,17-21,33H,1-10H2,(H,35,36,37). The van der Waals surface area contributed by atoms with Crippen LogP contribution in [0.5, 0.6) is 0 Å². The first kappa shape index (κ1) is 30.8. The maximum Gasteiger partial charge on any atom is 0.438 e. The Balaban J connectivity index is 1.30. The molecule has 1 aliphatic heterocycles. The van der Waals surface area contributed by atoms with E-state index in [0.717, 1.165) is 25.7 Å². The van der Waals surface area contributed by atoms with Crippen LogP contribution in [0.3, 0.4) is 0 Å². The second-order valence-corrected chi connectivity index (χ2v) is 13.8. The lowest BCUT2D eigenvalue weighted by Gasteiger charge is -2.39. The second-order valence-electron chi connectivity index (χ2n) is 12.4. The molecule has 9 unspecified atom stereocenters. The van der Waals surface area contributed by atoms with Gasteiger partial charge in [-0.3, -0.25) is 14.1 Å². The Morgan fingerprint density at radius 2 is 1.54 bits per heavy atom. The molecule has 4 saturated carbocycles. The molecular formula is C25H32F6O9S. The highest BCUT2D eigenvalue weighted by Gasteiger charge is 2.77. The smallest absolute Gasteiger partial charge is 0.438 e. The van der Waals surface area contributed by atoms with Crippen LogP contribution >= 0.6 is 0 Å². The summed E-state index contributed by atoms with van der Waals surface area (Å²) >= 11 is 0. The minimum atomic E-state index is -6.48. The third kappa shape index (κ3) is 5.69. The van der Waals surface area contributed by atoms with Gasteiger partial charge in [-0.15, -0.1) is 0 Å². The fourth-order valence-corrected chi connectivity index (χ4v) is 9.16. The van der Waals surface area contributed by atoms with E-state index in [1.54, 1.807) is 0 Å². The molecule has 1 saturated heterocycles. The first-order valence-electron chi connectivity index (χ1n) is 13.7. The van der Waals surface area contributed by atoms with Gasteiger partial charge in [0.15, 0.2) is 6.29 Å². The summed E-state index contributed by atoms with van der Waals surface area (Å²) in [6.07, 6.45) is -9.52. The molecule has 0 aromatic rings. The predicted octanol–water partition coefficient (Wildman–Crippen LogP) is 3.79. The van der Waals surface area contributed by atoms with Gasteiger partial charge in [0, 0.05) is 18.3 Å². The molecular weight excluding hydrogens is 590 g/mol. The summed E-state index contributed by atoms with van der Waals surface area (Å²) in [7, 11) is -5.96. The van der Waals surface area contributed by atoms with Gasteiger partial charge in [-0.1, -0.05) is 19.3 Å². The number of carbonyl (C=O) groups excluding carboxylic acids is 2. The molecule has 16 heteroatoms. The van der Waals surface area contributed by atoms with Crippen LogP contribution in [0.4, 0.5) is 26.3 Å². The van der Waals surface area contributed by atoms with E-state index in [0.29, 0.717) is 24.2 Å². The Bertz CT molecular complexity index is 1120. The molecule has 0 amide bonds. The molecule has 9 nitrogen and oxygen atoms in total. The zero-order valence-corrected chi connectivity index (χ0v) is 22.6. The van der Waals surface area contributed by atoms with Crippen LogP contribution in [0.2, 0.25) is 0 Å². The van der Waals surface area contributed by atoms with Crippen LogP contribution in [-0.4, -0.2) is 72.2 Å². The molecule has 5 fully saturated rings. The highest BCUT2D eigenvalue weighted by atomic mass is 32.2. The SMILES string of the molecule is O=C(CCC1CC2CCCC(C2)C1)OC1C2CC3C1OC(O)C3C2C(=O)OC(CS(=O)(=O)O)(C(F)(F)F)C(F)(F)F. The van der Waals surface area contributed by atoms with Crippen molar-refractivity contribution in [2.24, 2.45) is 41.4 Å². The van der Waals surface area contributed by atoms with Crippen molar-refractivity contribution in [2.45, 2.75) is 94.2 Å². The number of rotatable bonds is 8. The molecule has 2 N–H and O–H groups in total. The van der Waals surface area contributed by atoms with Gasteiger partial charge in [-0.25, -0.2) is 0 Å². The van der Waals surface area contributed by atoms with Gasteiger partial charge in [-0.05, 0) is 55.8 Å². The maximum atomic E-state index is 13.7. The van der Waals surface area contributed by atoms with Crippen molar-refractivity contribution in [3.63, 3.8) is 0 Å². The molecule has 0 aromatic heterocycles. The predicted molar refractivity (Wildman–Crippen MR) is 124 cm³/mol. The third-order valence-corrected chi connectivity index (χ3v) is 10.6. The van der Waals surface area contributed by atoms with Crippen LogP contribution in [-0.2, 0) is 33.9 Å². The van der Waals surface area contributed by atoms with Gasteiger partial charge < -0.3 is 19.3 Å². The number of aliphatic hydroxyl groups excluding tert-OH is 1. The van der Waals surface area contributed by atoms with Crippen LogP contribution in [0, 0.1) is 41.4 Å². The minimum Gasteiger partial charge on any atom is -0.459 e. The van der Waals surface area contributed by atoms with Gasteiger partial charge in [0.05, 0.1) is 5.92 Å². The number of halogens is 6. The number of alkyl halides is 6. The number of esters is 2. The van der Waals surface area contributed by atoms with Crippen LogP contribution < -0.4 is 0 Å². The zero-order chi connectivity index (χ0) is 30.1. The fourth-order valence-electron chi connectivity index (χ4n) is 8.26. The Morgan fingerprint density at radius 1 is 0.927 bits per heavy atom. The molecule has 41 heavy (non-hydrogen) atoms. The number of carbonyl (C=O) groups is 2. The van der Waals surface area contributed by atoms with E-state index >= 15 is 0 Å². The number of hydrogen-bond donors (Lipinski definition) is 2. The number of fused-ring (bicyclic) bond motifs is 3. The Hall–Kier alpha value is -1.65. The molecule has 4 bridgehead atoms. The van der Waals surface area contributed by atoms with E-state index in [1.807, 2.05) is 0 Å². The van der Waals surface area contributed by atoms with Crippen molar-refractivity contribution in [2.75, 3.05) is 5.75 Å². The molecule has 0 aromatic carbocycles. The summed E-state index contributed by atoms with van der Waals surface area (Å²) < 4.78 is 129. The third-order valence-electron chi connectivity index (χ3n) is 9.81. The fraction of sp³-hybridized carbons (Fsp3) is 0.920. The van der Waals surface area contributed by atoms with Crippen molar-refractivity contribution in [3.8, 4) is 0 Å². The van der Waals surface area contributed by atoms with E-state index < -0.39 is 87.9 Å². The largest absolute Gasteiger partial charge is 0.459 e. The van der Waals surface area contributed by atoms with E-state index in [-0.39, 0.29) is 12.8 Å². The quantitative estimate of drug-likeness (QED) is 0.235. The zero-order valence-electron chi connectivity index (χ0n) is 21.8. The lowest BCUT2D eigenvalue weighted by atomic mass is 9.67. The van der Waals surface area contributed by atoms with Crippen LogP contribution in [0.1, 0.15) is 57.8 Å². The molecule has 5 rings (SSSR count). The molecule has 5 aliphatic rings. The first-order valence-corrected chi connectivity index (χ1v) is 15.4. The van der Waals surface area contributed by atoms with E-state index in [1.165, 1.54) is 12.8 Å². The number of ether oxygens (including phenoxy) is 3. The Labute approximate surface area is 232 Å². The molecule has 0 spiro atoms. The van der Waals surface area contributed by atoms with Crippen molar-refractivity contribution in [1.29, 1.82) is 0 Å².